The molecule has 0 saturated carbocycles. The van der Waals surface area contributed by atoms with Crippen LogP contribution in [0.2, 0.25) is 0 Å². The standard InChI is InChI=1S/C26H20N4/c1-3-17-27-25(5-1)29-19-23-13-9-21(10-14-23)7-8-22-11-15-24(16-12-22)20-30-26-6-2-4-18-28-26/h1-20H/b8-7+,29-19+,30-20+. The number of pyridine rings is 2. The highest BCUT2D eigenvalue weighted by Gasteiger charge is 1.93. The van der Waals surface area contributed by atoms with Gasteiger partial charge in [-0.3, -0.25) is 0 Å². The molecule has 0 fully saturated rings. The topological polar surface area (TPSA) is 50.5 Å². The Morgan fingerprint density at radius 2 is 0.867 bits per heavy atom. The number of aliphatic imine (C=N–C) groups is 2. The second-order valence-corrected chi connectivity index (χ2v) is 6.56. The molecule has 2 heterocycles. The van der Waals surface area contributed by atoms with Crippen molar-refractivity contribution < 1.29 is 0 Å². The number of hydrogen-bond donors (Lipinski definition) is 0. The summed E-state index contributed by atoms with van der Waals surface area (Å²) in [6.07, 6.45) is 11.3. The van der Waals surface area contributed by atoms with Gasteiger partial charge in [-0.05, 0) is 46.5 Å². The third kappa shape index (κ3) is 5.66. The summed E-state index contributed by atoms with van der Waals surface area (Å²) in [5.41, 5.74) is 4.33. The van der Waals surface area contributed by atoms with Crippen molar-refractivity contribution in [2.24, 2.45) is 9.98 Å². The van der Waals surface area contributed by atoms with Gasteiger partial charge >= 0.3 is 0 Å². The molecule has 0 aliphatic carbocycles. The van der Waals surface area contributed by atoms with E-state index in [9.17, 15) is 0 Å². The van der Waals surface area contributed by atoms with Gasteiger partial charge in [-0.25, -0.2) is 20.0 Å². The first-order valence-electron chi connectivity index (χ1n) is 9.64. The second-order valence-electron chi connectivity index (χ2n) is 6.56. The van der Waals surface area contributed by atoms with Crippen molar-refractivity contribution in [2.75, 3.05) is 0 Å². The highest BCUT2D eigenvalue weighted by Crippen LogP contribution is 2.12. The molecule has 0 amide bonds. The summed E-state index contributed by atoms with van der Waals surface area (Å²) in [6.45, 7) is 0. The Labute approximate surface area is 176 Å². The fraction of sp³-hybridized carbons (Fsp3) is 0. The third-order valence-electron chi connectivity index (χ3n) is 4.33. The van der Waals surface area contributed by atoms with E-state index in [0.29, 0.717) is 11.6 Å². The third-order valence-corrected chi connectivity index (χ3v) is 4.33. The van der Waals surface area contributed by atoms with E-state index in [4.69, 9.17) is 0 Å². The molecule has 4 aromatic rings. The summed E-state index contributed by atoms with van der Waals surface area (Å²) in [4.78, 5) is 17.1. The van der Waals surface area contributed by atoms with Crippen molar-refractivity contribution in [3.05, 3.63) is 120 Å². The van der Waals surface area contributed by atoms with Crippen molar-refractivity contribution in [1.29, 1.82) is 0 Å². The van der Waals surface area contributed by atoms with E-state index in [1.165, 1.54) is 0 Å². The normalized spacial score (nSPS) is 11.6. The maximum absolute atomic E-state index is 4.37. The number of rotatable bonds is 6. The molecule has 0 radical (unpaired) electrons. The summed E-state index contributed by atoms with van der Waals surface area (Å²) in [6, 6.07) is 27.8. The molecule has 0 aliphatic rings. The predicted octanol–water partition coefficient (Wildman–Crippen LogP) is 6.15. The van der Waals surface area contributed by atoms with Crippen LogP contribution < -0.4 is 0 Å². The van der Waals surface area contributed by atoms with Gasteiger partial charge in [0, 0.05) is 24.8 Å². The molecule has 0 N–H and O–H groups in total. The first-order valence-corrected chi connectivity index (χ1v) is 9.64. The van der Waals surface area contributed by atoms with Gasteiger partial charge in [0.05, 0.1) is 0 Å². The van der Waals surface area contributed by atoms with Gasteiger partial charge in [0.1, 0.15) is 0 Å². The fourth-order valence-electron chi connectivity index (χ4n) is 2.72. The van der Waals surface area contributed by atoms with Crippen LogP contribution in [0.25, 0.3) is 12.2 Å². The van der Waals surface area contributed by atoms with Crippen molar-refractivity contribution in [2.45, 2.75) is 0 Å². The minimum atomic E-state index is 0.704. The molecule has 2 aromatic carbocycles. The summed E-state index contributed by atoms with van der Waals surface area (Å²) in [7, 11) is 0. The minimum Gasteiger partial charge on any atom is -0.237 e. The van der Waals surface area contributed by atoms with E-state index in [1.54, 1.807) is 12.4 Å². The minimum absolute atomic E-state index is 0.704. The highest BCUT2D eigenvalue weighted by atomic mass is 14.9. The zero-order chi connectivity index (χ0) is 20.4. The molecular weight excluding hydrogens is 368 g/mol. The summed E-state index contributed by atoms with van der Waals surface area (Å²) in [5, 5.41) is 0. The van der Waals surface area contributed by atoms with E-state index < -0.39 is 0 Å². The smallest absolute Gasteiger partial charge is 0.151 e. The van der Waals surface area contributed by atoms with E-state index in [0.717, 1.165) is 22.3 Å². The Morgan fingerprint density at radius 3 is 1.23 bits per heavy atom. The van der Waals surface area contributed by atoms with Gasteiger partial charge in [0.2, 0.25) is 0 Å². The number of benzene rings is 2. The van der Waals surface area contributed by atoms with Gasteiger partial charge < -0.3 is 0 Å². The molecule has 0 bridgehead atoms. The number of nitrogens with zero attached hydrogens (tertiary/aromatic N) is 4. The molecule has 144 valence electrons. The monoisotopic (exact) mass is 388 g/mol. The lowest BCUT2D eigenvalue weighted by Gasteiger charge is -1.98. The van der Waals surface area contributed by atoms with E-state index >= 15 is 0 Å². The quantitative estimate of drug-likeness (QED) is 0.294. The zero-order valence-corrected chi connectivity index (χ0v) is 16.3. The molecular formula is C26H20N4. The van der Waals surface area contributed by atoms with Crippen LogP contribution in [0.3, 0.4) is 0 Å². The van der Waals surface area contributed by atoms with Crippen LogP contribution in [0.1, 0.15) is 22.3 Å². The highest BCUT2D eigenvalue weighted by molar-refractivity contribution is 5.83. The molecule has 0 atom stereocenters. The first-order chi connectivity index (χ1) is 14.8. The van der Waals surface area contributed by atoms with Gasteiger partial charge in [-0.15, -0.1) is 0 Å². The van der Waals surface area contributed by atoms with Gasteiger partial charge in [-0.2, -0.15) is 0 Å². The lowest BCUT2D eigenvalue weighted by Crippen LogP contribution is -1.83. The van der Waals surface area contributed by atoms with Crippen molar-refractivity contribution in [1.82, 2.24) is 9.97 Å². The molecule has 30 heavy (non-hydrogen) atoms. The van der Waals surface area contributed by atoms with Gasteiger partial charge in [-0.1, -0.05) is 72.8 Å². The van der Waals surface area contributed by atoms with Crippen LogP contribution in [-0.2, 0) is 0 Å². The van der Waals surface area contributed by atoms with Crippen LogP contribution in [-0.4, -0.2) is 22.4 Å². The Bertz CT molecular complexity index is 1050. The van der Waals surface area contributed by atoms with Crippen LogP contribution in [0.5, 0.6) is 0 Å². The average molecular weight is 388 g/mol. The second kappa shape index (κ2) is 9.85. The van der Waals surface area contributed by atoms with Crippen molar-refractivity contribution >= 4 is 36.2 Å². The molecule has 0 aliphatic heterocycles. The van der Waals surface area contributed by atoms with E-state index in [2.05, 4.69) is 56.4 Å². The Balaban J connectivity index is 1.36. The van der Waals surface area contributed by atoms with Gasteiger partial charge in [0.15, 0.2) is 11.6 Å². The SMILES string of the molecule is C(=C\c1ccc(/C=N/c2ccccn2)cc1)/c1ccc(/C=N/c2ccccn2)cc1. The van der Waals surface area contributed by atoms with E-state index in [-0.39, 0.29) is 0 Å². The number of hydrogen-bond acceptors (Lipinski definition) is 4. The van der Waals surface area contributed by atoms with Crippen LogP contribution in [0, 0.1) is 0 Å². The molecule has 4 rings (SSSR count). The predicted molar refractivity (Wildman–Crippen MR) is 125 cm³/mol. The Morgan fingerprint density at radius 1 is 0.467 bits per heavy atom. The van der Waals surface area contributed by atoms with Crippen LogP contribution in [0.4, 0.5) is 11.6 Å². The zero-order valence-electron chi connectivity index (χ0n) is 16.3. The molecule has 4 nitrogen and oxygen atoms in total. The first kappa shape index (κ1) is 19.2. The lowest BCUT2D eigenvalue weighted by atomic mass is 10.1. The lowest BCUT2D eigenvalue weighted by molar-refractivity contribution is 1.28. The average Bonchev–Trinajstić information content (AvgIpc) is 2.83. The molecule has 0 spiro atoms. The summed E-state index contributed by atoms with van der Waals surface area (Å²) >= 11 is 0. The van der Waals surface area contributed by atoms with Crippen LogP contribution in [0.15, 0.2) is 107 Å². The Hall–Kier alpha value is -4.18. The van der Waals surface area contributed by atoms with Gasteiger partial charge in [0.25, 0.3) is 0 Å². The van der Waals surface area contributed by atoms with Crippen molar-refractivity contribution in [3.8, 4) is 0 Å². The maximum atomic E-state index is 4.37. The largest absolute Gasteiger partial charge is 0.237 e. The molecule has 4 heteroatoms. The number of aromatic nitrogens is 2. The fourth-order valence-corrected chi connectivity index (χ4v) is 2.72. The Kier molecular flexibility index (Phi) is 6.28. The van der Waals surface area contributed by atoms with Crippen molar-refractivity contribution in [3.63, 3.8) is 0 Å². The summed E-state index contributed by atoms with van der Waals surface area (Å²) < 4.78 is 0. The molecule has 0 unspecified atom stereocenters. The molecule has 2 aromatic heterocycles. The van der Waals surface area contributed by atoms with Crippen LogP contribution >= 0.6 is 0 Å². The molecule has 0 saturated heterocycles. The van der Waals surface area contributed by atoms with E-state index in [1.807, 2.05) is 73.1 Å². The maximum Gasteiger partial charge on any atom is 0.151 e. The summed E-state index contributed by atoms with van der Waals surface area (Å²) in [5.74, 6) is 1.41.